The molecule has 266 valence electrons. The van der Waals surface area contributed by atoms with Crippen molar-refractivity contribution in [3.05, 3.63) is 54.1 Å². The average Bonchev–Trinajstić information content (AvgIpc) is 3.84. The number of rotatable bonds is 13. The number of nitrogens with zero attached hydrogens (tertiary/aromatic N) is 6. The average molecular weight is 729 g/mol. The molecule has 2 aromatic carbocycles. The SMILES string of the molecule is COc1ccc(S(=O)(=O)N2CCN(c3nc(Nc4ccc(C(=O)NS(=O)(=O)C5(CN(C)C)CC5)cc4)nc(OCC(F)(F)F)n3)CC2)cc1. The molecule has 5 rings (SSSR count). The molecule has 0 radical (unpaired) electrons. The lowest BCUT2D eigenvalue weighted by Crippen LogP contribution is -2.49. The first-order valence-corrected chi connectivity index (χ1v) is 17.9. The molecule has 1 saturated heterocycles. The van der Waals surface area contributed by atoms with Crippen molar-refractivity contribution in [1.29, 1.82) is 0 Å². The molecular formula is C29H35F3N8O7S2. The highest BCUT2D eigenvalue weighted by Gasteiger charge is 2.55. The van der Waals surface area contributed by atoms with E-state index in [1.54, 1.807) is 23.9 Å². The fourth-order valence-electron chi connectivity index (χ4n) is 5.13. The van der Waals surface area contributed by atoms with Crippen LogP contribution in [0.4, 0.5) is 30.8 Å². The maximum absolute atomic E-state index is 13.2. The van der Waals surface area contributed by atoms with Crippen LogP contribution in [0.2, 0.25) is 0 Å². The van der Waals surface area contributed by atoms with Crippen molar-refractivity contribution in [2.75, 3.05) is 70.8 Å². The van der Waals surface area contributed by atoms with Crippen LogP contribution in [0.5, 0.6) is 11.8 Å². The molecule has 3 aromatic rings. The van der Waals surface area contributed by atoms with Gasteiger partial charge in [-0.3, -0.25) is 4.79 Å². The first-order valence-electron chi connectivity index (χ1n) is 14.9. The molecule has 2 aliphatic rings. The second kappa shape index (κ2) is 13.9. The Labute approximate surface area is 281 Å². The summed E-state index contributed by atoms with van der Waals surface area (Å²) in [5.41, 5.74) is 0.378. The first kappa shape index (κ1) is 36.0. The summed E-state index contributed by atoms with van der Waals surface area (Å²) in [6.07, 6.45) is -3.78. The number of hydrogen-bond acceptors (Lipinski definition) is 13. The van der Waals surface area contributed by atoms with Gasteiger partial charge in [0.1, 0.15) is 10.5 Å². The van der Waals surface area contributed by atoms with Crippen molar-refractivity contribution in [3.8, 4) is 11.8 Å². The summed E-state index contributed by atoms with van der Waals surface area (Å²) >= 11 is 0. The van der Waals surface area contributed by atoms with Crippen molar-refractivity contribution < 1.29 is 44.3 Å². The van der Waals surface area contributed by atoms with E-state index in [4.69, 9.17) is 9.47 Å². The van der Waals surface area contributed by atoms with E-state index in [1.165, 1.54) is 59.9 Å². The predicted octanol–water partition coefficient (Wildman–Crippen LogP) is 2.23. The van der Waals surface area contributed by atoms with Crippen LogP contribution in [0.1, 0.15) is 23.2 Å². The van der Waals surface area contributed by atoms with Crippen molar-refractivity contribution in [3.63, 3.8) is 0 Å². The monoisotopic (exact) mass is 728 g/mol. The Morgan fingerprint density at radius 3 is 2.12 bits per heavy atom. The lowest BCUT2D eigenvalue weighted by Gasteiger charge is -2.34. The van der Waals surface area contributed by atoms with Crippen LogP contribution in [0.3, 0.4) is 0 Å². The molecule has 0 spiro atoms. The number of nitrogens with one attached hydrogen (secondary N) is 2. The summed E-state index contributed by atoms with van der Waals surface area (Å²) < 4.78 is 103. The van der Waals surface area contributed by atoms with Crippen LogP contribution in [0.25, 0.3) is 0 Å². The summed E-state index contributed by atoms with van der Waals surface area (Å²) in [5, 5.41) is 2.83. The van der Waals surface area contributed by atoms with Gasteiger partial charge in [0.2, 0.25) is 31.9 Å². The molecular weight excluding hydrogens is 693 g/mol. The number of anilines is 3. The summed E-state index contributed by atoms with van der Waals surface area (Å²) in [6.45, 7) is -1.08. The molecule has 0 atom stereocenters. The van der Waals surface area contributed by atoms with Gasteiger partial charge in [0.25, 0.3) is 5.91 Å². The van der Waals surface area contributed by atoms with E-state index in [9.17, 15) is 34.8 Å². The van der Waals surface area contributed by atoms with Gasteiger partial charge < -0.3 is 24.6 Å². The number of halogens is 3. The Bertz CT molecular complexity index is 1870. The maximum Gasteiger partial charge on any atom is 0.422 e. The quantitative estimate of drug-likeness (QED) is 0.262. The van der Waals surface area contributed by atoms with Crippen LogP contribution in [0, 0.1) is 0 Å². The predicted molar refractivity (Wildman–Crippen MR) is 172 cm³/mol. The summed E-state index contributed by atoms with van der Waals surface area (Å²) in [5.74, 6) is -0.547. The van der Waals surface area contributed by atoms with Crippen molar-refractivity contribution in [2.45, 2.75) is 28.7 Å². The Balaban J connectivity index is 1.29. The van der Waals surface area contributed by atoms with Gasteiger partial charge in [-0.05, 0) is 75.5 Å². The van der Waals surface area contributed by atoms with E-state index >= 15 is 0 Å². The van der Waals surface area contributed by atoms with Gasteiger partial charge in [0.05, 0.1) is 12.0 Å². The standard InChI is InChI=1S/C29H35F3N8O7S2/c1-38(2)18-28(12-13-28)49(44,45)37-24(41)20-4-6-21(7-5-20)33-25-34-26(36-27(35-25)47-19-29(30,31)32)39-14-16-40(17-15-39)48(42,43)23-10-8-22(46-3)9-11-23/h4-11H,12-19H2,1-3H3,(H,37,41)(H,33,34,35,36). The van der Waals surface area contributed by atoms with Gasteiger partial charge in [-0.25, -0.2) is 21.6 Å². The number of carbonyl (C=O) groups excluding carboxylic acids is 1. The van der Waals surface area contributed by atoms with E-state index in [0.29, 0.717) is 24.3 Å². The zero-order valence-corrected chi connectivity index (χ0v) is 28.4. The van der Waals surface area contributed by atoms with Crippen molar-refractivity contribution in [2.24, 2.45) is 0 Å². The fourth-order valence-corrected chi connectivity index (χ4v) is 8.20. The zero-order valence-electron chi connectivity index (χ0n) is 26.8. The second-order valence-electron chi connectivity index (χ2n) is 11.8. The van der Waals surface area contributed by atoms with Crippen LogP contribution >= 0.6 is 0 Å². The second-order valence-corrected chi connectivity index (χ2v) is 15.8. The van der Waals surface area contributed by atoms with Gasteiger partial charge in [0, 0.05) is 44.0 Å². The minimum atomic E-state index is -4.67. The highest BCUT2D eigenvalue weighted by Crippen LogP contribution is 2.43. The topological polar surface area (TPSA) is 176 Å². The smallest absolute Gasteiger partial charge is 0.422 e. The molecule has 49 heavy (non-hydrogen) atoms. The summed E-state index contributed by atoms with van der Waals surface area (Å²) in [6, 6.07) is 10.9. The molecule has 0 unspecified atom stereocenters. The Morgan fingerprint density at radius 2 is 1.57 bits per heavy atom. The Kier molecular flexibility index (Phi) is 10.2. The lowest BCUT2D eigenvalue weighted by molar-refractivity contribution is -0.154. The van der Waals surface area contributed by atoms with Gasteiger partial charge in [-0.1, -0.05) is 0 Å². The van der Waals surface area contributed by atoms with Crippen LogP contribution in [-0.2, 0) is 20.0 Å². The third kappa shape index (κ3) is 8.67. The largest absolute Gasteiger partial charge is 0.497 e. The molecule has 1 saturated carbocycles. The highest BCUT2D eigenvalue weighted by atomic mass is 32.2. The molecule has 1 aliphatic carbocycles. The van der Waals surface area contributed by atoms with Crippen molar-refractivity contribution in [1.82, 2.24) is 28.9 Å². The number of sulfonamides is 2. The number of ether oxygens (including phenoxy) is 2. The number of methoxy groups -OCH3 is 1. The maximum atomic E-state index is 13.2. The minimum absolute atomic E-state index is 0.0388. The van der Waals surface area contributed by atoms with Gasteiger partial charge in [-0.2, -0.15) is 32.4 Å². The Morgan fingerprint density at radius 1 is 0.939 bits per heavy atom. The van der Waals surface area contributed by atoms with Crippen molar-refractivity contribution >= 4 is 43.5 Å². The molecule has 2 N–H and O–H groups in total. The van der Waals surface area contributed by atoms with Gasteiger partial charge in [-0.15, -0.1) is 0 Å². The first-order chi connectivity index (χ1) is 23.0. The van der Waals surface area contributed by atoms with E-state index < -0.39 is 49.5 Å². The number of amides is 1. The number of aromatic nitrogens is 3. The van der Waals surface area contributed by atoms with E-state index in [0.717, 1.165) is 0 Å². The number of carbonyl (C=O) groups is 1. The molecule has 15 nitrogen and oxygen atoms in total. The Hall–Kier alpha value is -4.27. The van der Waals surface area contributed by atoms with E-state index in [-0.39, 0.29) is 55.1 Å². The van der Waals surface area contributed by atoms with Crippen LogP contribution < -0.4 is 24.4 Å². The number of alkyl halides is 3. The number of piperazine rings is 1. The van der Waals surface area contributed by atoms with Crippen LogP contribution in [0.15, 0.2) is 53.4 Å². The molecule has 20 heteroatoms. The molecule has 2 heterocycles. The fraction of sp³-hybridized carbons (Fsp3) is 0.448. The van der Waals surface area contributed by atoms with E-state index in [2.05, 4.69) is 25.0 Å². The third-order valence-electron chi connectivity index (χ3n) is 7.80. The van der Waals surface area contributed by atoms with Gasteiger partial charge in [0.15, 0.2) is 6.61 Å². The molecule has 1 aromatic heterocycles. The van der Waals surface area contributed by atoms with Crippen LogP contribution in [-0.4, -0.2) is 118 Å². The van der Waals surface area contributed by atoms with Gasteiger partial charge >= 0.3 is 12.2 Å². The third-order valence-corrected chi connectivity index (χ3v) is 11.8. The molecule has 2 fully saturated rings. The lowest BCUT2D eigenvalue weighted by atomic mass is 10.2. The summed E-state index contributed by atoms with van der Waals surface area (Å²) in [7, 11) is -2.80. The highest BCUT2D eigenvalue weighted by molar-refractivity contribution is 7.91. The number of hydrogen-bond donors (Lipinski definition) is 2. The molecule has 1 aliphatic heterocycles. The molecule has 0 bridgehead atoms. The summed E-state index contributed by atoms with van der Waals surface area (Å²) in [4.78, 5) is 28.5. The minimum Gasteiger partial charge on any atom is -0.497 e. The normalized spacial score (nSPS) is 16.7. The number of benzene rings is 2. The molecule has 1 amide bonds. The zero-order chi connectivity index (χ0) is 35.6. The van der Waals surface area contributed by atoms with E-state index in [1.807, 2.05) is 0 Å².